The van der Waals surface area contributed by atoms with Crippen molar-refractivity contribution in [2.45, 2.75) is 6.92 Å². The van der Waals surface area contributed by atoms with Crippen molar-refractivity contribution in [3.05, 3.63) is 83.6 Å². The van der Waals surface area contributed by atoms with Crippen LogP contribution in [0.2, 0.25) is 0 Å². The second-order valence-electron chi connectivity index (χ2n) is 6.21. The van der Waals surface area contributed by atoms with E-state index in [0.29, 0.717) is 11.8 Å². The Hall–Kier alpha value is -2.94. The molecule has 0 aliphatic heterocycles. The van der Waals surface area contributed by atoms with Crippen molar-refractivity contribution in [3.8, 4) is 0 Å². The van der Waals surface area contributed by atoms with E-state index in [0.717, 1.165) is 22.2 Å². The number of aromatic nitrogens is 1. The Bertz CT molecular complexity index is 963. The van der Waals surface area contributed by atoms with E-state index in [1.807, 2.05) is 6.92 Å². The van der Waals surface area contributed by atoms with E-state index in [-0.39, 0.29) is 5.56 Å². The minimum atomic E-state index is -0.917. The Morgan fingerprint density at radius 2 is 1.88 bits per heavy atom. The minimum absolute atomic E-state index is 0.287. The molecule has 1 aromatic heterocycles. The van der Waals surface area contributed by atoms with Gasteiger partial charge in [0, 0.05) is 28.5 Å². The van der Waals surface area contributed by atoms with Gasteiger partial charge in [0.1, 0.15) is 0 Å². The predicted octanol–water partition coefficient (Wildman–Crippen LogP) is 4.55. The van der Waals surface area contributed by atoms with Gasteiger partial charge >= 0.3 is 5.97 Å². The first-order valence-corrected chi connectivity index (χ1v) is 8.02. The van der Waals surface area contributed by atoms with Crippen LogP contribution in [0.3, 0.4) is 0 Å². The molecule has 0 amide bonds. The first-order valence-electron chi connectivity index (χ1n) is 8.02. The molecule has 2 unspecified atom stereocenters. The molecule has 3 heteroatoms. The SMILES string of the molecule is Cc1nc2ccc(C(=O)O)cc2cc1C1=CC=CC2C=CC=CC12. The fourth-order valence-corrected chi connectivity index (χ4v) is 3.49. The number of nitrogens with zero attached hydrogens (tertiary/aromatic N) is 1. The van der Waals surface area contributed by atoms with Gasteiger partial charge in [0.25, 0.3) is 0 Å². The van der Waals surface area contributed by atoms with Crippen LogP contribution in [0.4, 0.5) is 0 Å². The monoisotopic (exact) mass is 315 g/mol. The summed E-state index contributed by atoms with van der Waals surface area (Å²) in [5, 5.41) is 10.1. The molecule has 0 saturated carbocycles. The zero-order valence-corrected chi connectivity index (χ0v) is 13.3. The van der Waals surface area contributed by atoms with Crippen LogP contribution >= 0.6 is 0 Å². The van der Waals surface area contributed by atoms with E-state index in [2.05, 4.69) is 53.6 Å². The molecule has 1 heterocycles. The molecule has 2 aromatic rings. The lowest BCUT2D eigenvalue weighted by atomic mass is 9.76. The number of pyridine rings is 1. The lowest BCUT2D eigenvalue weighted by molar-refractivity contribution is 0.0697. The number of hydrogen-bond donors (Lipinski definition) is 1. The van der Waals surface area contributed by atoms with Crippen molar-refractivity contribution < 1.29 is 9.90 Å². The number of allylic oxidation sites excluding steroid dienone is 8. The summed E-state index contributed by atoms with van der Waals surface area (Å²) in [4.78, 5) is 15.9. The number of benzene rings is 1. The Balaban J connectivity index is 1.86. The molecule has 24 heavy (non-hydrogen) atoms. The zero-order valence-electron chi connectivity index (χ0n) is 13.3. The maximum absolute atomic E-state index is 11.2. The van der Waals surface area contributed by atoms with Crippen LogP contribution < -0.4 is 0 Å². The highest BCUT2D eigenvalue weighted by Crippen LogP contribution is 2.38. The molecule has 3 nitrogen and oxygen atoms in total. The Labute approximate surface area is 140 Å². The van der Waals surface area contributed by atoms with Crippen LogP contribution in [-0.4, -0.2) is 16.1 Å². The summed E-state index contributed by atoms with van der Waals surface area (Å²) in [6.45, 7) is 2.01. The van der Waals surface area contributed by atoms with Crippen molar-refractivity contribution in [2.75, 3.05) is 0 Å². The van der Waals surface area contributed by atoms with Crippen LogP contribution in [-0.2, 0) is 0 Å². The molecule has 4 rings (SSSR count). The summed E-state index contributed by atoms with van der Waals surface area (Å²) in [5.74, 6) is -0.240. The summed E-state index contributed by atoms with van der Waals surface area (Å²) >= 11 is 0. The summed E-state index contributed by atoms with van der Waals surface area (Å²) in [6.07, 6.45) is 15.0. The molecule has 0 radical (unpaired) electrons. The third-order valence-electron chi connectivity index (χ3n) is 4.71. The highest BCUT2D eigenvalue weighted by molar-refractivity contribution is 5.94. The van der Waals surface area contributed by atoms with Crippen LogP contribution in [0.25, 0.3) is 16.5 Å². The molecular formula is C21H17NO2. The third-order valence-corrected chi connectivity index (χ3v) is 4.71. The average Bonchev–Trinajstić information content (AvgIpc) is 2.60. The number of hydrogen-bond acceptors (Lipinski definition) is 2. The Morgan fingerprint density at radius 3 is 2.71 bits per heavy atom. The fraction of sp³-hybridized carbons (Fsp3) is 0.143. The molecular weight excluding hydrogens is 298 g/mol. The van der Waals surface area contributed by atoms with E-state index in [1.165, 1.54) is 5.57 Å². The molecule has 0 fully saturated rings. The zero-order chi connectivity index (χ0) is 16.7. The van der Waals surface area contributed by atoms with Crippen molar-refractivity contribution in [1.82, 2.24) is 4.98 Å². The number of carbonyl (C=O) groups is 1. The number of fused-ring (bicyclic) bond motifs is 2. The van der Waals surface area contributed by atoms with Crippen molar-refractivity contribution in [1.29, 1.82) is 0 Å². The van der Waals surface area contributed by atoms with E-state index in [1.54, 1.807) is 18.2 Å². The second-order valence-corrected chi connectivity index (χ2v) is 6.21. The standard InChI is InChI=1S/C21H17NO2/c1-13-19(18-8-4-6-14-5-2-3-7-17(14)18)12-16-11-15(21(23)24)9-10-20(16)22-13/h2-12,14,17H,1H3,(H,23,24). The molecule has 2 aliphatic carbocycles. The van der Waals surface area contributed by atoms with E-state index in [9.17, 15) is 9.90 Å². The summed E-state index contributed by atoms with van der Waals surface area (Å²) in [5.41, 5.74) is 4.40. The van der Waals surface area contributed by atoms with Crippen LogP contribution in [0.1, 0.15) is 21.6 Å². The summed E-state index contributed by atoms with van der Waals surface area (Å²) < 4.78 is 0. The van der Waals surface area contributed by atoms with Crippen molar-refractivity contribution in [3.63, 3.8) is 0 Å². The lowest BCUT2D eigenvalue weighted by Crippen LogP contribution is -2.15. The van der Waals surface area contributed by atoms with E-state index in [4.69, 9.17) is 0 Å². The normalized spacial score (nSPS) is 21.6. The smallest absolute Gasteiger partial charge is 0.335 e. The molecule has 2 aliphatic rings. The van der Waals surface area contributed by atoms with Crippen LogP contribution in [0, 0.1) is 18.8 Å². The quantitative estimate of drug-likeness (QED) is 0.884. The number of rotatable bonds is 2. The first-order chi connectivity index (χ1) is 11.6. The highest BCUT2D eigenvalue weighted by Gasteiger charge is 2.25. The van der Waals surface area contributed by atoms with Gasteiger partial charge in [-0.3, -0.25) is 4.98 Å². The summed E-state index contributed by atoms with van der Waals surface area (Å²) in [7, 11) is 0. The van der Waals surface area contributed by atoms with E-state index < -0.39 is 5.97 Å². The molecule has 2 atom stereocenters. The van der Waals surface area contributed by atoms with Crippen LogP contribution in [0.5, 0.6) is 0 Å². The molecule has 1 N–H and O–H groups in total. The van der Waals surface area contributed by atoms with Gasteiger partial charge in [0.05, 0.1) is 11.1 Å². The van der Waals surface area contributed by atoms with Gasteiger partial charge in [-0.1, -0.05) is 42.5 Å². The fourth-order valence-electron chi connectivity index (χ4n) is 3.49. The first kappa shape index (κ1) is 14.6. The topological polar surface area (TPSA) is 50.2 Å². The Morgan fingerprint density at radius 1 is 1.08 bits per heavy atom. The maximum Gasteiger partial charge on any atom is 0.335 e. The number of carboxylic acids is 1. The minimum Gasteiger partial charge on any atom is -0.478 e. The highest BCUT2D eigenvalue weighted by atomic mass is 16.4. The maximum atomic E-state index is 11.2. The van der Waals surface area contributed by atoms with Gasteiger partial charge in [0.2, 0.25) is 0 Å². The molecule has 0 bridgehead atoms. The van der Waals surface area contributed by atoms with Gasteiger partial charge in [0.15, 0.2) is 0 Å². The molecule has 0 spiro atoms. The third kappa shape index (κ3) is 2.38. The molecule has 1 aromatic carbocycles. The van der Waals surface area contributed by atoms with Gasteiger partial charge in [-0.05, 0) is 36.8 Å². The van der Waals surface area contributed by atoms with Crippen molar-refractivity contribution in [2.24, 2.45) is 11.8 Å². The molecule has 118 valence electrons. The van der Waals surface area contributed by atoms with Gasteiger partial charge in [-0.25, -0.2) is 4.79 Å². The largest absolute Gasteiger partial charge is 0.478 e. The number of carboxylic acid groups (broad SMARTS) is 1. The predicted molar refractivity (Wildman–Crippen MR) is 95.8 cm³/mol. The summed E-state index contributed by atoms with van der Waals surface area (Å²) in [6, 6.07) is 7.14. The van der Waals surface area contributed by atoms with Crippen LogP contribution in [0.15, 0.2) is 66.8 Å². The van der Waals surface area contributed by atoms with Gasteiger partial charge in [-0.2, -0.15) is 0 Å². The van der Waals surface area contributed by atoms with E-state index >= 15 is 0 Å². The van der Waals surface area contributed by atoms with Gasteiger partial charge < -0.3 is 5.11 Å². The molecule has 0 saturated heterocycles. The van der Waals surface area contributed by atoms with Gasteiger partial charge in [-0.15, -0.1) is 0 Å². The number of aryl methyl sites for hydroxylation is 1. The average molecular weight is 315 g/mol. The van der Waals surface area contributed by atoms with Crippen molar-refractivity contribution >= 4 is 22.4 Å². The second kappa shape index (κ2) is 5.60. The number of aromatic carboxylic acids is 1. The lowest BCUT2D eigenvalue weighted by Gasteiger charge is -2.28. The Kier molecular flexibility index (Phi) is 3.42.